The van der Waals surface area contributed by atoms with Gasteiger partial charge in [0.2, 0.25) is 10.0 Å². The molecule has 0 radical (unpaired) electrons. The molecule has 1 aromatic rings. The van der Waals surface area contributed by atoms with Crippen molar-refractivity contribution in [2.75, 3.05) is 13.2 Å². The molecule has 4 bridgehead atoms. The van der Waals surface area contributed by atoms with Crippen LogP contribution in [-0.4, -0.2) is 56.3 Å². The molecule has 5 fully saturated rings. The SMILES string of the molecule is Cc1cccc(C)c1C1CC2NC(N1)NS(=O)(=O)C1CCCC(C1)CN(C1CC3(CC3)C1)[C@@H](CC(C)C)CO2. The van der Waals surface area contributed by atoms with E-state index < -0.39 is 16.3 Å². The van der Waals surface area contributed by atoms with Crippen LogP contribution in [0, 0.1) is 31.1 Å². The highest BCUT2D eigenvalue weighted by molar-refractivity contribution is 7.90. The van der Waals surface area contributed by atoms with Gasteiger partial charge in [0.1, 0.15) is 12.5 Å². The van der Waals surface area contributed by atoms with Crippen LogP contribution in [0.2, 0.25) is 0 Å². The predicted molar refractivity (Wildman–Crippen MR) is 156 cm³/mol. The number of ether oxygens (including phenoxy) is 1. The number of fused-ring (bicyclic) bond motifs is 4. The van der Waals surface area contributed by atoms with E-state index in [1.54, 1.807) is 0 Å². The minimum absolute atomic E-state index is 0.00962. The number of nitrogens with zero attached hydrogens (tertiary/aromatic N) is 1. The van der Waals surface area contributed by atoms with E-state index in [9.17, 15) is 8.42 Å². The highest BCUT2D eigenvalue weighted by Gasteiger charge is 2.55. The summed E-state index contributed by atoms with van der Waals surface area (Å²) in [5.41, 5.74) is 4.35. The molecule has 218 valence electrons. The van der Waals surface area contributed by atoms with Crippen LogP contribution in [0.4, 0.5) is 0 Å². The molecular weight excluding hydrogens is 508 g/mol. The molecule has 6 rings (SSSR count). The van der Waals surface area contributed by atoms with Gasteiger partial charge < -0.3 is 4.74 Å². The second kappa shape index (κ2) is 11.0. The minimum Gasteiger partial charge on any atom is -0.362 e. The molecule has 7 nitrogen and oxygen atoms in total. The molecule has 6 atom stereocenters. The third-order valence-corrected chi connectivity index (χ3v) is 12.3. The third kappa shape index (κ3) is 6.12. The maximum atomic E-state index is 13.7. The van der Waals surface area contributed by atoms with Crippen molar-refractivity contribution in [2.45, 2.75) is 128 Å². The lowest BCUT2D eigenvalue weighted by molar-refractivity contribution is -0.0693. The van der Waals surface area contributed by atoms with Crippen molar-refractivity contribution in [2.24, 2.45) is 17.3 Å². The van der Waals surface area contributed by atoms with Crippen molar-refractivity contribution in [3.05, 3.63) is 34.9 Å². The Morgan fingerprint density at radius 3 is 2.51 bits per heavy atom. The second-order valence-corrected chi connectivity index (χ2v) is 16.0. The Balaban J connectivity index is 1.31. The fourth-order valence-corrected chi connectivity index (χ4v) is 9.88. The molecular formula is C31H50N4O3S. The predicted octanol–water partition coefficient (Wildman–Crippen LogP) is 4.70. The van der Waals surface area contributed by atoms with Gasteiger partial charge in [0, 0.05) is 31.1 Å². The lowest BCUT2D eigenvalue weighted by Gasteiger charge is -2.49. The number of hydrogen-bond donors (Lipinski definition) is 3. The first kappa shape index (κ1) is 28.1. The number of aryl methyl sites for hydroxylation is 2. The molecule has 3 N–H and O–H groups in total. The van der Waals surface area contributed by atoms with Crippen molar-refractivity contribution in [3.8, 4) is 0 Å². The Kier molecular flexibility index (Phi) is 7.92. The molecule has 3 saturated carbocycles. The first-order valence-corrected chi connectivity index (χ1v) is 17.1. The normalized spacial score (nSPS) is 36.9. The van der Waals surface area contributed by atoms with E-state index in [2.05, 4.69) is 66.1 Å². The number of rotatable bonds is 4. The molecule has 2 heterocycles. The van der Waals surface area contributed by atoms with Gasteiger partial charge in [-0.2, -0.15) is 4.72 Å². The summed E-state index contributed by atoms with van der Waals surface area (Å²) < 4.78 is 37.2. The minimum atomic E-state index is -3.49. The molecule has 0 aromatic heterocycles. The van der Waals surface area contributed by atoms with E-state index in [-0.39, 0.29) is 17.5 Å². The Morgan fingerprint density at radius 2 is 1.82 bits per heavy atom. The second-order valence-electron chi connectivity index (χ2n) is 14.0. The van der Waals surface area contributed by atoms with Crippen LogP contribution in [0.3, 0.4) is 0 Å². The summed E-state index contributed by atoms with van der Waals surface area (Å²) in [5, 5.41) is 6.75. The topological polar surface area (TPSA) is 82.7 Å². The fourth-order valence-electron chi connectivity index (χ4n) is 8.22. The van der Waals surface area contributed by atoms with Gasteiger partial charge in [0.25, 0.3) is 0 Å². The number of nitrogens with one attached hydrogen (secondary N) is 3. The Bertz CT molecular complexity index is 1110. The average molecular weight is 559 g/mol. The zero-order chi connectivity index (χ0) is 27.4. The highest BCUT2D eigenvalue weighted by Crippen LogP contribution is 2.62. The van der Waals surface area contributed by atoms with Gasteiger partial charge >= 0.3 is 0 Å². The summed E-state index contributed by atoms with van der Waals surface area (Å²) in [4.78, 5) is 2.79. The van der Waals surface area contributed by atoms with E-state index in [1.807, 2.05) is 0 Å². The largest absolute Gasteiger partial charge is 0.362 e. The smallest absolute Gasteiger partial charge is 0.216 e. The van der Waals surface area contributed by atoms with E-state index in [1.165, 1.54) is 42.4 Å². The van der Waals surface area contributed by atoms with E-state index in [0.717, 1.165) is 45.1 Å². The highest BCUT2D eigenvalue weighted by atomic mass is 32.2. The molecule has 5 unspecified atom stereocenters. The van der Waals surface area contributed by atoms with E-state index >= 15 is 0 Å². The summed E-state index contributed by atoms with van der Waals surface area (Å²) in [6.45, 7) is 10.6. The first-order chi connectivity index (χ1) is 18.6. The van der Waals surface area contributed by atoms with Gasteiger partial charge in [-0.15, -0.1) is 0 Å². The molecule has 8 heteroatoms. The van der Waals surface area contributed by atoms with E-state index in [0.29, 0.717) is 35.9 Å². The molecule has 1 aromatic carbocycles. The van der Waals surface area contributed by atoms with Gasteiger partial charge in [-0.3, -0.25) is 15.5 Å². The maximum absolute atomic E-state index is 13.7. The van der Waals surface area contributed by atoms with Crippen LogP contribution in [0.5, 0.6) is 0 Å². The van der Waals surface area contributed by atoms with Crippen molar-refractivity contribution in [1.82, 2.24) is 20.3 Å². The number of sulfonamides is 1. The lowest BCUT2D eigenvalue weighted by atomic mass is 9.74. The Morgan fingerprint density at radius 1 is 1.08 bits per heavy atom. The van der Waals surface area contributed by atoms with Crippen LogP contribution < -0.4 is 15.4 Å². The van der Waals surface area contributed by atoms with Gasteiger partial charge in [-0.05, 0) is 99.2 Å². The maximum Gasteiger partial charge on any atom is 0.216 e. The molecule has 39 heavy (non-hydrogen) atoms. The van der Waals surface area contributed by atoms with E-state index in [4.69, 9.17) is 4.74 Å². The van der Waals surface area contributed by atoms with Crippen LogP contribution in [-0.2, 0) is 14.8 Å². The molecule has 5 aliphatic rings. The summed E-state index contributed by atoms with van der Waals surface area (Å²) in [7, 11) is -3.49. The number of benzene rings is 1. The van der Waals surface area contributed by atoms with Gasteiger partial charge in [-0.25, -0.2) is 8.42 Å². The lowest BCUT2D eigenvalue weighted by Crippen LogP contribution is -2.64. The number of hydrogen-bond acceptors (Lipinski definition) is 6. The summed E-state index contributed by atoms with van der Waals surface area (Å²) in [5.74, 6) is 1.01. The zero-order valence-electron chi connectivity index (χ0n) is 24.4. The van der Waals surface area contributed by atoms with Crippen molar-refractivity contribution >= 4 is 10.0 Å². The van der Waals surface area contributed by atoms with Gasteiger partial charge in [0.05, 0.1) is 11.9 Å². The third-order valence-electron chi connectivity index (χ3n) is 10.5. The van der Waals surface area contributed by atoms with Gasteiger partial charge in [0.15, 0.2) is 0 Å². The van der Waals surface area contributed by atoms with Crippen molar-refractivity contribution in [1.29, 1.82) is 0 Å². The van der Waals surface area contributed by atoms with Crippen molar-refractivity contribution in [3.63, 3.8) is 0 Å². The van der Waals surface area contributed by atoms with Crippen LogP contribution in [0.15, 0.2) is 18.2 Å². The van der Waals surface area contributed by atoms with Crippen LogP contribution >= 0.6 is 0 Å². The summed E-state index contributed by atoms with van der Waals surface area (Å²) >= 11 is 0. The first-order valence-electron chi connectivity index (χ1n) is 15.6. The average Bonchev–Trinajstić information content (AvgIpc) is 3.65. The zero-order valence-corrected chi connectivity index (χ0v) is 25.2. The molecule has 2 aliphatic heterocycles. The van der Waals surface area contributed by atoms with Crippen molar-refractivity contribution < 1.29 is 13.2 Å². The molecule has 2 saturated heterocycles. The van der Waals surface area contributed by atoms with Crippen LogP contribution in [0.1, 0.15) is 101 Å². The summed E-state index contributed by atoms with van der Waals surface area (Å²) in [6, 6.07) is 7.38. The summed E-state index contributed by atoms with van der Waals surface area (Å²) in [6.07, 6.45) is 10.2. The Hall–Kier alpha value is -1.03. The standard InChI is InChI=1S/C31H50N4O3S/c1-20(2)13-24-19-38-28-15-27(29-21(3)7-5-8-22(29)4)32-30(33-28)34-39(36,37)26-10-6-9-23(14-26)18-35(24)25-16-31(17-25)11-12-31/h5,7-8,20,23-28,30,32-34H,6,9-19H2,1-4H3/t23?,24-,26?,27?,28?,30?/m0/s1. The molecule has 3 aliphatic carbocycles. The monoisotopic (exact) mass is 558 g/mol. The molecule has 1 spiro atoms. The Labute approximate surface area is 236 Å². The van der Waals surface area contributed by atoms with Crippen LogP contribution in [0.25, 0.3) is 0 Å². The fraction of sp³-hybridized carbons (Fsp3) is 0.806. The van der Waals surface area contributed by atoms with Gasteiger partial charge in [-0.1, -0.05) is 38.5 Å². The quantitative estimate of drug-likeness (QED) is 0.497. The molecule has 0 amide bonds.